The van der Waals surface area contributed by atoms with E-state index in [4.69, 9.17) is 5.11 Å². The molecule has 5 heteroatoms. The Hall–Kier alpha value is -1.13. The van der Waals surface area contributed by atoms with E-state index in [1.54, 1.807) is 0 Å². The number of carboxylic acid groups (broad SMARTS) is 1. The average Bonchev–Trinajstić information content (AvgIpc) is 2.03. The summed E-state index contributed by atoms with van der Waals surface area (Å²) < 4.78 is 11.9. The highest BCUT2D eigenvalue weighted by Gasteiger charge is 2.40. The van der Waals surface area contributed by atoms with Gasteiger partial charge in [0.05, 0.1) is 6.67 Å². The molecule has 1 amide bonds. The van der Waals surface area contributed by atoms with Crippen LogP contribution in [0.15, 0.2) is 0 Å². The summed E-state index contributed by atoms with van der Waals surface area (Å²) in [6, 6.07) is 0. The minimum atomic E-state index is -1.65. The summed E-state index contributed by atoms with van der Waals surface area (Å²) in [5.41, 5.74) is -1.65. The van der Waals surface area contributed by atoms with Crippen LogP contribution in [-0.2, 0) is 9.59 Å². The number of carboxylic acids is 1. The molecule has 0 aliphatic rings. The number of rotatable bonds is 4. The highest BCUT2D eigenvalue weighted by molar-refractivity contribution is 6.01. The van der Waals surface area contributed by atoms with Gasteiger partial charge in [-0.25, -0.2) is 0 Å². The minimum Gasteiger partial charge on any atom is -0.480 e. The number of halogens is 1. The number of amides is 1. The van der Waals surface area contributed by atoms with Crippen LogP contribution in [0.3, 0.4) is 0 Å². The predicted octanol–water partition coefficient (Wildman–Crippen LogP) is 0.183. The van der Waals surface area contributed by atoms with E-state index in [1.165, 1.54) is 14.0 Å². The number of hydrogen-bond donors (Lipinski definition) is 2. The SMILES string of the molecule is CNC(=O)C(C)(CCF)C(=O)O. The van der Waals surface area contributed by atoms with Crippen LogP contribution in [0, 0.1) is 5.41 Å². The second-order valence-corrected chi connectivity index (χ2v) is 2.66. The van der Waals surface area contributed by atoms with Gasteiger partial charge in [-0.2, -0.15) is 0 Å². The van der Waals surface area contributed by atoms with Gasteiger partial charge in [0.1, 0.15) is 5.41 Å². The Balaban J connectivity index is 4.61. The maximum atomic E-state index is 11.9. The van der Waals surface area contributed by atoms with E-state index >= 15 is 0 Å². The maximum absolute atomic E-state index is 11.9. The van der Waals surface area contributed by atoms with Crippen LogP contribution in [-0.4, -0.2) is 30.7 Å². The average molecular weight is 177 g/mol. The van der Waals surface area contributed by atoms with Crippen LogP contribution in [0.25, 0.3) is 0 Å². The summed E-state index contributed by atoms with van der Waals surface area (Å²) in [5, 5.41) is 10.8. The molecule has 0 fully saturated rings. The standard InChI is InChI=1S/C7H12FNO3/c1-7(3-4-8,6(11)12)5(10)9-2/h3-4H2,1-2H3,(H,9,10)(H,11,12). The highest BCUT2D eigenvalue weighted by Crippen LogP contribution is 2.21. The molecule has 0 heterocycles. The van der Waals surface area contributed by atoms with Crippen molar-refractivity contribution in [3.8, 4) is 0 Å². The molecule has 0 aromatic carbocycles. The number of hydrogen-bond acceptors (Lipinski definition) is 2. The van der Waals surface area contributed by atoms with Crippen molar-refractivity contribution in [2.45, 2.75) is 13.3 Å². The van der Waals surface area contributed by atoms with E-state index < -0.39 is 24.0 Å². The normalized spacial score (nSPS) is 14.9. The topological polar surface area (TPSA) is 66.4 Å². The Bertz CT molecular complexity index is 195. The van der Waals surface area contributed by atoms with E-state index in [1.807, 2.05) is 0 Å². The molecule has 4 nitrogen and oxygen atoms in total. The molecule has 12 heavy (non-hydrogen) atoms. The number of aliphatic carboxylic acids is 1. The summed E-state index contributed by atoms with van der Waals surface area (Å²) in [6.07, 6.45) is -0.304. The van der Waals surface area contributed by atoms with Gasteiger partial charge in [-0.3, -0.25) is 14.0 Å². The molecule has 2 N–H and O–H groups in total. The summed E-state index contributed by atoms with van der Waals surface area (Å²) in [7, 11) is 1.32. The molecule has 0 spiro atoms. The number of carbonyl (C=O) groups excluding carboxylic acids is 1. The fourth-order valence-electron chi connectivity index (χ4n) is 0.782. The number of nitrogens with one attached hydrogen (secondary N) is 1. The third kappa shape index (κ3) is 1.93. The van der Waals surface area contributed by atoms with Crippen molar-refractivity contribution in [3.05, 3.63) is 0 Å². The molecule has 0 aromatic heterocycles. The van der Waals surface area contributed by atoms with Gasteiger partial charge in [0.25, 0.3) is 0 Å². The van der Waals surface area contributed by atoms with Gasteiger partial charge in [-0.1, -0.05) is 0 Å². The lowest BCUT2D eigenvalue weighted by Gasteiger charge is -2.20. The number of carbonyl (C=O) groups is 2. The van der Waals surface area contributed by atoms with Crippen LogP contribution in [0.5, 0.6) is 0 Å². The van der Waals surface area contributed by atoms with Crippen LogP contribution in [0.1, 0.15) is 13.3 Å². The molecule has 70 valence electrons. The first-order chi connectivity index (χ1) is 5.49. The van der Waals surface area contributed by atoms with Gasteiger partial charge >= 0.3 is 5.97 Å². The predicted molar refractivity (Wildman–Crippen MR) is 40.4 cm³/mol. The Labute approximate surface area is 69.8 Å². The third-order valence-corrected chi connectivity index (χ3v) is 1.79. The van der Waals surface area contributed by atoms with Gasteiger partial charge in [0.15, 0.2) is 0 Å². The molecule has 0 rings (SSSR count). The van der Waals surface area contributed by atoms with Crippen LogP contribution in [0.2, 0.25) is 0 Å². The first-order valence-electron chi connectivity index (χ1n) is 3.50. The van der Waals surface area contributed by atoms with Crippen molar-refractivity contribution in [3.63, 3.8) is 0 Å². The fraction of sp³-hybridized carbons (Fsp3) is 0.714. The first-order valence-corrected chi connectivity index (χ1v) is 3.50. The molecular formula is C7H12FNO3. The van der Waals surface area contributed by atoms with Crippen molar-refractivity contribution in [2.75, 3.05) is 13.7 Å². The second-order valence-electron chi connectivity index (χ2n) is 2.66. The molecule has 0 radical (unpaired) electrons. The van der Waals surface area contributed by atoms with Crippen LogP contribution < -0.4 is 5.32 Å². The zero-order valence-electron chi connectivity index (χ0n) is 7.06. The molecule has 0 aliphatic carbocycles. The Kier molecular flexibility index (Phi) is 3.66. The van der Waals surface area contributed by atoms with E-state index in [9.17, 15) is 14.0 Å². The van der Waals surface area contributed by atoms with E-state index in [2.05, 4.69) is 5.32 Å². The third-order valence-electron chi connectivity index (χ3n) is 1.79. The molecule has 0 aromatic rings. The van der Waals surface area contributed by atoms with Crippen LogP contribution >= 0.6 is 0 Å². The molecular weight excluding hydrogens is 165 g/mol. The largest absolute Gasteiger partial charge is 0.480 e. The molecule has 0 saturated heterocycles. The second kappa shape index (κ2) is 4.04. The zero-order chi connectivity index (χ0) is 9.78. The van der Waals surface area contributed by atoms with Gasteiger partial charge in [0, 0.05) is 13.5 Å². The molecule has 1 atom stereocenters. The van der Waals surface area contributed by atoms with Crippen molar-refractivity contribution in [1.82, 2.24) is 5.32 Å². The minimum absolute atomic E-state index is 0.304. The van der Waals surface area contributed by atoms with Gasteiger partial charge < -0.3 is 10.4 Å². The highest BCUT2D eigenvalue weighted by atomic mass is 19.1. The molecule has 0 bridgehead atoms. The lowest BCUT2D eigenvalue weighted by molar-refractivity contribution is -0.155. The van der Waals surface area contributed by atoms with Crippen molar-refractivity contribution in [2.24, 2.45) is 5.41 Å². The lowest BCUT2D eigenvalue weighted by Crippen LogP contribution is -2.43. The Morgan fingerprint density at radius 3 is 2.33 bits per heavy atom. The van der Waals surface area contributed by atoms with Crippen LogP contribution in [0.4, 0.5) is 4.39 Å². The maximum Gasteiger partial charge on any atom is 0.319 e. The first kappa shape index (κ1) is 10.9. The van der Waals surface area contributed by atoms with Crippen molar-refractivity contribution >= 4 is 11.9 Å². The van der Waals surface area contributed by atoms with Gasteiger partial charge in [0.2, 0.25) is 5.91 Å². The quantitative estimate of drug-likeness (QED) is 0.602. The van der Waals surface area contributed by atoms with Crippen molar-refractivity contribution in [1.29, 1.82) is 0 Å². The lowest BCUT2D eigenvalue weighted by atomic mass is 9.86. The van der Waals surface area contributed by atoms with Gasteiger partial charge in [-0.05, 0) is 6.92 Å². The van der Waals surface area contributed by atoms with E-state index in [0.717, 1.165) is 0 Å². The number of alkyl halides is 1. The summed E-state index contributed by atoms with van der Waals surface area (Å²) in [5.74, 6) is -1.98. The van der Waals surface area contributed by atoms with Crippen molar-refractivity contribution < 1.29 is 19.1 Å². The van der Waals surface area contributed by atoms with E-state index in [0.29, 0.717) is 0 Å². The molecule has 1 unspecified atom stereocenters. The summed E-state index contributed by atoms with van der Waals surface area (Å²) in [4.78, 5) is 21.6. The van der Waals surface area contributed by atoms with Gasteiger partial charge in [-0.15, -0.1) is 0 Å². The molecule has 0 aliphatic heterocycles. The van der Waals surface area contributed by atoms with E-state index in [-0.39, 0.29) is 6.42 Å². The molecule has 0 saturated carbocycles. The monoisotopic (exact) mass is 177 g/mol. The Morgan fingerprint density at radius 1 is 1.58 bits per heavy atom. The zero-order valence-corrected chi connectivity index (χ0v) is 7.06. The Morgan fingerprint density at radius 2 is 2.08 bits per heavy atom. The fourth-order valence-corrected chi connectivity index (χ4v) is 0.782. The summed E-state index contributed by atoms with van der Waals surface area (Å²) in [6.45, 7) is 0.379. The summed E-state index contributed by atoms with van der Waals surface area (Å²) >= 11 is 0. The smallest absolute Gasteiger partial charge is 0.319 e.